The van der Waals surface area contributed by atoms with Gasteiger partial charge in [0.2, 0.25) is 0 Å². The molecule has 2 rings (SSSR count). The summed E-state index contributed by atoms with van der Waals surface area (Å²) in [6.07, 6.45) is 0. The summed E-state index contributed by atoms with van der Waals surface area (Å²) < 4.78 is 16.3. The predicted octanol–water partition coefficient (Wildman–Crippen LogP) is 3.90. The van der Waals surface area contributed by atoms with Crippen molar-refractivity contribution in [3.05, 3.63) is 44.9 Å². The van der Waals surface area contributed by atoms with Crippen LogP contribution in [0.1, 0.15) is 11.4 Å². The second kappa shape index (κ2) is 5.28. The molecule has 0 saturated carbocycles. The number of para-hydroxylation sites is 1. The molecular weight excluding hydrogens is 321 g/mol. The van der Waals surface area contributed by atoms with Crippen LogP contribution in [0, 0.1) is 12.7 Å². The highest BCUT2D eigenvalue weighted by Crippen LogP contribution is 2.27. The van der Waals surface area contributed by atoms with Crippen molar-refractivity contribution in [1.29, 1.82) is 0 Å². The smallest absolute Gasteiger partial charge is 0.147 e. The van der Waals surface area contributed by atoms with Gasteiger partial charge < -0.3 is 5.32 Å². The number of aromatic nitrogens is 2. The first-order valence-corrected chi connectivity index (χ1v) is 6.53. The number of aryl methyl sites for hydroxylation is 2. The van der Waals surface area contributed by atoms with Gasteiger partial charge in [-0.05, 0) is 35.0 Å². The summed E-state index contributed by atoms with van der Waals surface area (Å²) in [5.41, 5.74) is 2.14. The number of rotatable bonds is 3. The van der Waals surface area contributed by atoms with E-state index in [0.29, 0.717) is 17.3 Å². The Kier molecular flexibility index (Phi) is 3.92. The maximum Gasteiger partial charge on any atom is 0.147 e. The molecule has 1 N–H and O–H groups in total. The summed E-state index contributed by atoms with van der Waals surface area (Å²) >= 11 is 9.41. The Labute approximate surface area is 118 Å². The Bertz CT molecular complexity index is 563. The fourth-order valence-corrected chi connectivity index (χ4v) is 2.42. The molecule has 0 bridgehead atoms. The van der Waals surface area contributed by atoms with Crippen molar-refractivity contribution < 1.29 is 4.39 Å². The van der Waals surface area contributed by atoms with Gasteiger partial charge in [-0.2, -0.15) is 5.10 Å². The summed E-state index contributed by atoms with van der Waals surface area (Å²) in [6, 6.07) is 4.60. The molecule has 3 nitrogen and oxygen atoms in total. The number of nitrogens with zero attached hydrogens (tertiary/aromatic N) is 2. The Hall–Kier alpha value is -1.07. The molecule has 0 atom stereocenters. The first-order chi connectivity index (χ1) is 8.50. The summed E-state index contributed by atoms with van der Waals surface area (Å²) in [4.78, 5) is 0. The second-order valence-electron chi connectivity index (χ2n) is 3.92. The first kappa shape index (κ1) is 13.4. The fraction of sp³-hybridized carbons (Fsp3) is 0.250. The SMILES string of the molecule is Cc1nn(C)c(CNc2c(F)cccc2Cl)c1Br. The summed E-state index contributed by atoms with van der Waals surface area (Å²) in [7, 11) is 1.84. The second-order valence-corrected chi connectivity index (χ2v) is 5.12. The van der Waals surface area contributed by atoms with Gasteiger partial charge in [-0.3, -0.25) is 4.68 Å². The fourth-order valence-electron chi connectivity index (χ4n) is 1.71. The van der Waals surface area contributed by atoms with Gasteiger partial charge >= 0.3 is 0 Å². The quantitative estimate of drug-likeness (QED) is 0.924. The number of hydrogen-bond acceptors (Lipinski definition) is 2. The monoisotopic (exact) mass is 331 g/mol. The number of nitrogens with one attached hydrogen (secondary N) is 1. The maximum atomic E-state index is 13.6. The molecule has 0 aliphatic carbocycles. The van der Waals surface area contributed by atoms with E-state index in [1.54, 1.807) is 16.8 Å². The Morgan fingerprint density at radius 1 is 1.50 bits per heavy atom. The Morgan fingerprint density at radius 3 is 2.78 bits per heavy atom. The van der Waals surface area contributed by atoms with Crippen LogP contribution in [0.4, 0.5) is 10.1 Å². The number of halogens is 3. The number of benzene rings is 1. The van der Waals surface area contributed by atoms with E-state index in [9.17, 15) is 4.39 Å². The number of hydrogen-bond donors (Lipinski definition) is 1. The predicted molar refractivity (Wildman–Crippen MR) is 74.4 cm³/mol. The molecule has 1 aromatic carbocycles. The average Bonchev–Trinajstić information content (AvgIpc) is 2.54. The van der Waals surface area contributed by atoms with Crippen LogP contribution in [-0.4, -0.2) is 9.78 Å². The van der Waals surface area contributed by atoms with Gasteiger partial charge in [-0.15, -0.1) is 0 Å². The molecular formula is C12H12BrClFN3. The van der Waals surface area contributed by atoms with Crippen molar-refractivity contribution in [1.82, 2.24) is 9.78 Å². The molecule has 0 spiro atoms. The van der Waals surface area contributed by atoms with Crippen LogP contribution < -0.4 is 5.32 Å². The minimum absolute atomic E-state index is 0.310. The molecule has 2 aromatic rings. The van der Waals surface area contributed by atoms with Crippen molar-refractivity contribution in [3.8, 4) is 0 Å². The summed E-state index contributed by atoms with van der Waals surface area (Å²) in [5, 5.41) is 7.63. The van der Waals surface area contributed by atoms with E-state index in [-0.39, 0.29) is 5.82 Å². The molecule has 1 aromatic heterocycles. The molecule has 0 amide bonds. The van der Waals surface area contributed by atoms with Gasteiger partial charge in [0.25, 0.3) is 0 Å². The van der Waals surface area contributed by atoms with E-state index in [1.807, 2.05) is 14.0 Å². The largest absolute Gasteiger partial charge is 0.376 e. The number of anilines is 1. The van der Waals surface area contributed by atoms with Gasteiger partial charge in [0, 0.05) is 7.05 Å². The third-order valence-corrected chi connectivity index (χ3v) is 4.00. The third-order valence-electron chi connectivity index (χ3n) is 2.66. The third kappa shape index (κ3) is 2.52. The molecule has 96 valence electrons. The lowest BCUT2D eigenvalue weighted by molar-refractivity contribution is 0.629. The van der Waals surface area contributed by atoms with Crippen molar-refractivity contribution in [2.24, 2.45) is 7.05 Å². The zero-order valence-corrected chi connectivity index (χ0v) is 12.3. The van der Waals surface area contributed by atoms with Crippen LogP contribution in [0.3, 0.4) is 0 Å². The van der Waals surface area contributed by atoms with Gasteiger partial charge in [-0.1, -0.05) is 17.7 Å². The van der Waals surface area contributed by atoms with Crippen LogP contribution >= 0.6 is 27.5 Å². The van der Waals surface area contributed by atoms with Crippen LogP contribution in [-0.2, 0) is 13.6 Å². The van der Waals surface area contributed by atoms with E-state index in [0.717, 1.165) is 15.9 Å². The molecule has 1 heterocycles. The van der Waals surface area contributed by atoms with E-state index in [4.69, 9.17) is 11.6 Å². The topological polar surface area (TPSA) is 29.9 Å². The van der Waals surface area contributed by atoms with Crippen molar-refractivity contribution in [2.45, 2.75) is 13.5 Å². The lowest BCUT2D eigenvalue weighted by Gasteiger charge is -2.10. The van der Waals surface area contributed by atoms with Crippen molar-refractivity contribution in [2.75, 3.05) is 5.32 Å². The normalized spacial score (nSPS) is 10.7. The van der Waals surface area contributed by atoms with Crippen LogP contribution in [0.2, 0.25) is 5.02 Å². The molecule has 18 heavy (non-hydrogen) atoms. The molecule has 6 heteroatoms. The Balaban J connectivity index is 2.22. The molecule has 0 fully saturated rings. The van der Waals surface area contributed by atoms with Gasteiger partial charge in [0.15, 0.2) is 0 Å². The lowest BCUT2D eigenvalue weighted by Crippen LogP contribution is -2.07. The van der Waals surface area contributed by atoms with E-state index in [2.05, 4.69) is 26.3 Å². The maximum absolute atomic E-state index is 13.6. The highest BCUT2D eigenvalue weighted by Gasteiger charge is 2.12. The zero-order valence-electron chi connectivity index (χ0n) is 9.97. The molecule has 0 unspecified atom stereocenters. The minimum Gasteiger partial charge on any atom is -0.376 e. The van der Waals surface area contributed by atoms with Gasteiger partial charge in [-0.25, -0.2) is 4.39 Å². The van der Waals surface area contributed by atoms with Gasteiger partial charge in [0.1, 0.15) is 5.82 Å². The lowest BCUT2D eigenvalue weighted by atomic mass is 10.3. The summed E-state index contributed by atoms with van der Waals surface area (Å²) in [5.74, 6) is -0.363. The standard InChI is InChI=1S/C12H12BrClFN3/c1-7-11(13)10(18(2)17-7)6-16-12-8(14)4-3-5-9(12)15/h3-5,16H,6H2,1-2H3. The van der Waals surface area contributed by atoms with E-state index >= 15 is 0 Å². The molecule has 0 aliphatic rings. The van der Waals surface area contributed by atoms with Crippen LogP contribution in [0.15, 0.2) is 22.7 Å². The minimum atomic E-state index is -0.363. The van der Waals surface area contributed by atoms with Crippen LogP contribution in [0.5, 0.6) is 0 Å². The Morgan fingerprint density at radius 2 is 2.22 bits per heavy atom. The van der Waals surface area contributed by atoms with E-state index < -0.39 is 0 Å². The van der Waals surface area contributed by atoms with E-state index in [1.165, 1.54) is 6.07 Å². The van der Waals surface area contributed by atoms with Crippen molar-refractivity contribution >= 4 is 33.2 Å². The highest BCUT2D eigenvalue weighted by molar-refractivity contribution is 9.10. The van der Waals surface area contributed by atoms with Crippen molar-refractivity contribution in [3.63, 3.8) is 0 Å². The molecule has 0 saturated heterocycles. The average molecular weight is 333 g/mol. The van der Waals surface area contributed by atoms with Crippen LogP contribution in [0.25, 0.3) is 0 Å². The zero-order chi connectivity index (χ0) is 13.3. The van der Waals surface area contributed by atoms with Gasteiger partial charge in [0.05, 0.1) is 33.1 Å². The first-order valence-electron chi connectivity index (χ1n) is 5.36. The highest BCUT2D eigenvalue weighted by atomic mass is 79.9. The molecule has 0 radical (unpaired) electrons. The summed E-state index contributed by atoms with van der Waals surface area (Å²) in [6.45, 7) is 2.35. The molecule has 0 aliphatic heterocycles.